The second-order valence-electron chi connectivity index (χ2n) is 6.92. The molecule has 27 heavy (non-hydrogen) atoms. The fourth-order valence-electron chi connectivity index (χ4n) is 4.40. The topological polar surface area (TPSA) is 36.2 Å². The van der Waals surface area contributed by atoms with Crippen molar-refractivity contribution in [2.45, 2.75) is 6.92 Å². The van der Waals surface area contributed by atoms with Gasteiger partial charge in [0.1, 0.15) is 5.56 Å². The summed E-state index contributed by atoms with van der Waals surface area (Å²) in [5, 5.41) is 4.46. The van der Waals surface area contributed by atoms with Crippen molar-refractivity contribution in [2.75, 3.05) is 6.61 Å². The van der Waals surface area contributed by atoms with Gasteiger partial charge in [-0.2, -0.15) is 0 Å². The molecule has 0 spiro atoms. The molecule has 2 aromatic heterocycles. The lowest BCUT2D eigenvalue weighted by atomic mass is 10.0. The van der Waals surface area contributed by atoms with E-state index in [2.05, 4.69) is 39.5 Å². The molecule has 5 rings (SSSR count). The summed E-state index contributed by atoms with van der Waals surface area (Å²) in [5.41, 5.74) is 4.71. The first-order valence-corrected chi connectivity index (χ1v) is 9.17. The molecule has 0 amide bonds. The summed E-state index contributed by atoms with van der Waals surface area (Å²) >= 11 is 0. The van der Waals surface area contributed by atoms with Crippen molar-refractivity contribution < 1.29 is 9.53 Å². The van der Waals surface area contributed by atoms with E-state index in [9.17, 15) is 4.79 Å². The van der Waals surface area contributed by atoms with E-state index in [1.54, 1.807) is 0 Å². The average Bonchev–Trinajstić information content (AvgIpc) is 3.14. The average molecular weight is 356 g/mol. The van der Waals surface area contributed by atoms with Crippen LogP contribution in [0.2, 0.25) is 0 Å². The second kappa shape index (κ2) is 5.61. The van der Waals surface area contributed by atoms with Crippen molar-refractivity contribution in [3.8, 4) is 0 Å². The number of nitrogens with zero attached hydrogens (tertiary/aromatic N) is 2. The minimum atomic E-state index is -0.273. The lowest BCUT2D eigenvalue weighted by Crippen LogP contribution is -2.09. The highest BCUT2D eigenvalue weighted by molar-refractivity contribution is 6.26. The zero-order chi connectivity index (χ0) is 18.7. The third-order valence-electron chi connectivity index (χ3n) is 5.53. The van der Waals surface area contributed by atoms with Crippen molar-refractivity contribution in [3.63, 3.8) is 0 Å². The summed E-state index contributed by atoms with van der Waals surface area (Å²) < 4.78 is 9.69. The minimum Gasteiger partial charge on any atom is -0.462 e. The zero-order valence-corrected chi connectivity index (χ0v) is 15.6. The van der Waals surface area contributed by atoms with Crippen LogP contribution in [0, 0.1) is 0 Å². The van der Waals surface area contributed by atoms with Crippen LogP contribution in [0.1, 0.15) is 17.3 Å². The summed E-state index contributed by atoms with van der Waals surface area (Å²) in [5.74, 6) is -0.273. The van der Waals surface area contributed by atoms with Gasteiger partial charge in [0.25, 0.3) is 0 Å². The van der Waals surface area contributed by atoms with E-state index in [1.165, 1.54) is 0 Å². The molecule has 0 aliphatic heterocycles. The third-order valence-corrected chi connectivity index (χ3v) is 5.53. The molecule has 3 aromatic carbocycles. The Labute approximate surface area is 156 Å². The first-order valence-electron chi connectivity index (χ1n) is 9.17. The van der Waals surface area contributed by atoms with Crippen LogP contribution in [0.3, 0.4) is 0 Å². The fraction of sp³-hybridized carbons (Fsp3) is 0.174. The maximum absolute atomic E-state index is 13.1. The smallest absolute Gasteiger partial charge is 0.342 e. The van der Waals surface area contributed by atoms with E-state index in [-0.39, 0.29) is 5.97 Å². The van der Waals surface area contributed by atoms with Crippen molar-refractivity contribution >= 4 is 49.6 Å². The molecule has 5 aromatic rings. The summed E-state index contributed by atoms with van der Waals surface area (Å²) in [4.78, 5) is 13.1. The first kappa shape index (κ1) is 15.9. The van der Waals surface area contributed by atoms with Crippen LogP contribution in [0.15, 0.2) is 54.6 Å². The maximum Gasteiger partial charge on any atom is 0.342 e. The first-order chi connectivity index (χ1) is 13.1. The molecule has 0 saturated heterocycles. The number of benzene rings is 3. The van der Waals surface area contributed by atoms with E-state index < -0.39 is 0 Å². The summed E-state index contributed by atoms with van der Waals surface area (Å²) in [7, 11) is 4.03. The van der Waals surface area contributed by atoms with Crippen LogP contribution in [-0.4, -0.2) is 21.7 Å². The van der Waals surface area contributed by atoms with Gasteiger partial charge >= 0.3 is 5.97 Å². The van der Waals surface area contributed by atoms with Crippen LogP contribution < -0.4 is 0 Å². The molecule has 2 heterocycles. The fourth-order valence-corrected chi connectivity index (χ4v) is 4.40. The van der Waals surface area contributed by atoms with Gasteiger partial charge in [0.05, 0.1) is 17.6 Å². The number of hydrogen-bond acceptors (Lipinski definition) is 2. The number of carbonyl (C=O) groups is 1. The molecule has 4 heteroatoms. The summed E-state index contributed by atoms with van der Waals surface area (Å²) in [6, 6.07) is 18.8. The van der Waals surface area contributed by atoms with Crippen LogP contribution in [0.25, 0.3) is 43.6 Å². The molecule has 0 radical (unpaired) electrons. The number of rotatable bonds is 2. The predicted octanol–water partition coefficient (Wildman–Crippen LogP) is 5.15. The second-order valence-corrected chi connectivity index (χ2v) is 6.92. The number of fused-ring (bicyclic) bond motifs is 6. The molecule has 0 atom stereocenters. The lowest BCUT2D eigenvalue weighted by molar-refractivity contribution is 0.0530. The van der Waals surface area contributed by atoms with Crippen molar-refractivity contribution in [1.82, 2.24) is 9.13 Å². The van der Waals surface area contributed by atoms with Crippen LogP contribution >= 0.6 is 0 Å². The molecule has 0 unspecified atom stereocenters. The maximum atomic E-state index is 13.1. The Kier molecular flexibility index (Phi) is 3.31. The van der Waals surface area contributed by atoms with Crippen LogP contribution in [-0.2, 0) is 18.8 Å². The number of ether oxygens (including phenoxy) is 1. The van der Waals surface area contributed by atoms with E-state index >= 15 is 0 Å². The van der Waals surface area contributed by atoms with Crippen LogP contribution in [0.5, 0.6) is 0 Å². The van der Waals surface area contributed by atoms with Gasteiger partial charge in [-0.25, -0.2) is 4.79 Å². The predicted molar refractivity (Wildman–Crippen MR) is 110 cm³/mol. The van der Waals surface area contributed by atoms with Crippen molar-refractivity contribution in [3.05, 3.63) is 60.2 Å². The number of hydrogen-bond donors (Lipinski definition) is 0. The van der Waals surface area contributed by atoms with E-state index in [4.69, 9.17) is 4.74 Å². The minimum absolute atomic E-state index is 0.273. The molecule has 4 nitrogen and oxygen atoms in total. The Bertz CT molecular complexity index is 1280. The largest absolute Gasteiger partial charge is 0.462 e. The Morgan fingerprint density at radius 2 is 1.30 bits per heavy atom. The van der Waals surface area contributed by atoms with Gasteiger partial charge in [0.2, 0.25) is 0 Å². The molecule has 0 aliphatic rings. The highest BCUT2D eigenvalue weighted by Crippen LogP contribution is 2.39. The zero-order valence-electron chi connectivity index (χ0n) is 15.6. The summed E-state index contributed by atoms with van der Waals surface area (Å²) in [6.07, 6.45) is 0. The monoisotopic (exact) mass is 356 g/mol. The van der Waals surface area contributed by atoms with Crippen molar-refractivity contribution in [1.29, 1.82) is 0 Å². The van der Waals surface area contributed by atoms with Gasteiger partial charge in [-0.1, -0.05) is 36.4 Å². The number of aryl methyl sites for hydroxylation is 2. The number of para-hydroxylation sites is 2. The van der Waals surface area contributed by atoms with Gasteiger partial charge in [0, 0.05) is 46.7 Å². The van der Waals surface area contributed by atoms with Gasteiger partial charge < -0.3 is 13.9 Å². The van der Waals surface area contributed by atoms with Gasteiger partial charge in [-0.05, 0) is 25.1 Å². The van der Waals surface area contributed by atoms with E-state index in [0.717, 1.165) is 43.6 Å². The molecule has 0 N–H and O–H groups in total. The molecule has 0 saturated carbocycles. The van der Waals surface area contributed by atoms with E-state index in [0.29, 0.717) is 12.2 Å². The Morgan fingerprint density at radius 1 is 0.815 bits per heavy atom. The SMILES string of the molecule is CCOC(=O)c1c2c(cc3c4ccccc4n(C)c13)c1ccccc1n2C. The molecule has 0 fully saturated rings. The molecule has 0 aliphatic carbocycles. The molecular weight excluding hydrogens is 336 g/mol. The highest BCUT2D eigenvalue weighted by atomic mass is 16.5. The highest BCUT2D eigenvalue weighted by Gasteiger charge is 2.24. The number of carbonyl (C=O) groups excluding carboxylic acids is 1. The molecular formula is C23H20N2O2. The van der Waals surface area contributed by atoms with Gasteiger partial charge in [-0.15, -0.1) is 0 Å². The number of esters is 1. The molecule has 134 valence electrons. The Morgan fingerprint density at radius 3 is 1.78 bits per heavy atom. The van der Waals surface area contributed by atoms with E-state index in [1.807, 2.05) is 45.3 Å². The third kappa shape index (κ3) is 2.01. The van der Waals surface area contributed by atoms with Crippen molar-refractivity contribution in [2.24, 2.45) is 14.1 Å². The Hall–Kier alpha value is -3.27. The van der Waals surface area contributed by atoms with Crippen LogP contribution in [0.4, 0.5) is 0 Å². The standard InChI is InChI=1S/C23H20N2O2/c1-4-27-23(26)20-21-16(14-9-5-7-11-18(14)24(21)2)13-17-15-10-6-8-12-19(15)25(3)22(17)20/h5-13H,4H2,1-3H3. The lowest BCUT2D eigenvalue weighted by Gasteiger charge is -2.10. The number of aromatic nitrogens is 2. The van der Waals surface area contributed by atoms with Gasteiger partial charge in [-0.3, -0.25) is 0 Å². The normalized spacial score (nSPS) is 11.8. The Balaban J connectivity index is 2.11. The van der Waals surface area contributed by atoms with Gasteiger partial charge in [0.15, 0.2) is 0 Å². The molecule has 0 bridgehead atoms. The quantitative estimate of drug-likeness (QED) is 0.410. The summed E-state index contributed by atoms with van der Waals surface area (Å²) in [6.45, 7) is 2.20.